The molecule has 1 aliphatic rings. The molecule has 0 fully saturated rings. The lowest BCUT2D eigenvalue weighted by molar-refractivity contribution is -0.153. The standard InChI is InChI=1S/C20H19ClN2O4S/c1-11-5-3-4-6-14(11)22-19(25)12(2)27-18(24)10-17-20(26)23-15-9-13(21)7-8-16(15)28-17/h3-9,12,17H,10H2,1-2H3,(H,22,25)(H,23,26). The number of carbonyl (C=O) groups is 3. The average molecular weight is 419 g/mol. The lowest BCUT2D eigenvalue weighted by Crippen LogP contribution is -2.34. The third-order valence-electron chi connectivity index (χ3n) is 4.19. The van der Waals surface area contributed by atoms with Crippen LogP contribution in [0.25, 0.3) is 0 Å². The summed E-state index contributed by atoms with van der Waals surface area (Å²) in [5.74, 6) is -1.34. The minimum Gasteiger partial charge on any atom is -0.452 e. The predicted octanol–water partition coefficient (Wildman–Crippen LogP) is 4.02. The number of fused-ring (bicyclic) bond motifs is 1. The van der Waals surface area contributed by atoms with E-state index in [1.165, 1.54) is 18.7 Å². The van der Waals surface area contributed by atoms with E-state index >= 15 is 0 Å². The molecule has 28 heavy (non-hydrogen) atoms. The van der Waals surface area contributed by atoms with Crippen LogP contribution in [0.5, 0.6) is 0 Å². The van der Waals surface area contributed by atoms with Crippen molar-refractivity contribution in [1.82, 2.24) is 0 Å². The number of hydrogen-bond acceptors (Lipinski definition) is 5. The van der Waals surface area contributed by atoms with Gasteiger partial charge in [-0.2, -0.15) is 0 Å². The maximum Gasteiger partial charge on any atom is 0.308 e. The Morgan fingerprint density at radius 3 is 2.79 bits per heavy atom. The van der Waals surface area contributed by atoms with E-state index in [-0.39, 0.29) is 12.3 Å². The van der Waals surface area contributed by atoms with Crippen LogP contribution >= 0.6 is 23.4 Å². The first kappa shape index (κ1) is 20.2. The van der Waals surface area contributed by atoms with E-state index in [0.717, 1.165) is 10.5 Å². The summed E-state index contributed by atoms with van der Waals surface area (Å²) >= 11 is 7.20. The van der Waals surface area contributed by atoms with Gasteiger partial charge >= 0.3 is 5.97 Å². The highest BCUT2D eigenvalue weighted by molar-refractivity contribution is 8.01. The number of ether oxygens (including phenoxy) is 1. The van der Waals surface area contributed by atoms with Gasteiger partial charge in [-0.3, -0.25) is 14.4 Å². The number of para-hydroxylation sites is 1. The van der Waals surface area contributed by atoms with Crippen LogP contribution in [0.3, 0.4) is 0 Å². The third-order valence-corrected chi connectivity index (χ3v) is 5.70. The average Bonchev–Trinajstić information content (AvgIpc) is 2.64. The summed E-state index contributed by atoms with van der Waals surface area (Å²) in [5, 5.41) is 5.36. The molecule has 2 atom stereocenters. The number of nitrogens with one attached hydrogen (secondary N) is 2. The summed E-state index contributed by atoms with van der Waals surface area (Å²) in [6.45, 7) is 3.37. The van der Waals surface area contributed by atoms with Gasteiger partial charge in [-0.25, -0.2) is 0 Å². The molecule has 0 aromatic heterocycles. The van der Waals surface area contributed by atoms with Gasteiger partial charge < -0.3 is 15.4 Å². The van der Waals surface area contributed by atoms with Gasteiger partial charge in [-0.1, -0.05) is 29.8 Å². The fourth-order valence-corrected chi connectivity index (χ4v) is 3.90. The Bertz CT molecular complexity index is 934. The van der Waals surface area contributed by atoms with Gasteiger partial charge in [0.05, 0.1) is 17.4 Å². The number of halogens is 1. The number of rotatable bonds is 5. The summed E-state index contributed by atoms with van der Waals surface area (Å²) < 4.78 is 5.22. The lowest BCUT2D eigenvalue weighted by atomic mass is 10.2. The Balaban J connectivity index is 1.56. The largest absolute Gasteiger partial charge is 0.452 e. The first-order valence-electron chi connectivity index (χ1n) is 8.66. The number of thioether (sulfide) groups is 1. The van der Waals surface area contributed by atoms with Gasteiger partial charge in [-0.15, -0.1) is 11.8 Å². The fraction of sp³-hybridized carbons (Fsp3) is 0.250. The number of esters is 1. The molecule has 0 saturated carbocycles. The van der Waals surface area contributed by atoms with Crippen molar-refractivity contribution in [2.45, 2.75) is 36.5 Å². The molecule has 1 heterocycles. The zero-order valence-corrected chi connectivity index (χ0v) is 16.9. The Labute approximate surface area is 172 Å². The van der Waals surface area contributed by atoms with Gasteiger partial charge in [0.25, 0.3) is 5.91 Å². The van der Waals surface area contributed by atoms with Gasteiger partial charge in [0, 0.05) is 15.6 Å². The molecule has 3 rings (SSSR count). The van der Waals surface area contributed by atoms with Crippen molar-refractivity contribution >= 4 is 52.5 Å². The van der Waals surface area contributed by atoms with E-state index in [1.54, 1.807) is 24.3 Å². The smallest absolute Gasteiger partial charge is 0.308 e. The highest BCUT2D eigenvalue weighted by Gasteiger charge is 2.30. The van der Waals surface area contributed by atoms with Crippen LogP contribution in [0.4, 0.5) is 11.4 Å². The number of amides is 2. The maximum atomic E-state index is 12.3. The van der Waals surface area contributed by atoms with Gasteiger partial charge in [0.15, 0.2) is 6.10 Å². The van der Waals surface area contributed by atoms with Crippen LogP contribution in [0.15, 0.2) is 47.4 Å². The van der Waals surface area contributed by atoms with E-state index in [0.29, 0.717) is 16.4 Å². The normalized spacial score (nSPS) is 16.5. The number of aryl methyl sites for hydroxylation is 1. The zero-order valence-electron chi connectivity index (χ0n) is 15.3. The predicted molar refractivity (Wildman–Crippen MR) is 110 cm³/mol. The molecule has 2 N–H and O–H groups in total. The second-order valence-corrected chi connectivity index (χ2v) is 8.06. The second kappa shape index (κ2) is 8.67. The summed E-state index contributed by atoms with van der Waals surface area (Å²) in [6.07, 6.45) is -1.12. The molecule has 146 valence electrons. The molecule has 0 aliphatic carbocycles. The van der Waals surface area contributed by atoms with E-state index in [4.69, 9.17) is 16.3 Å². The van der Waals surface area contributed by atoms with Crippen LogP contribution in [-0.2, 0) is 19.1 Å². The molecule has 0 bridgehead atoms. The van der Waals surface area contributed by atoms with E-state index in [1.807, 2.05) is 25.1 Å². The minimum atomic E-state index is -0.977. The van der Waals surface area contributed by atoms with Crippen molar-refractivity contribution in [1.29, 1.82) is 0 Å². The second-order valence-electron chi connectivity index (χ2n) is 6.38. The number of benzene rings is 2. The molecule has 0 radical (unpaired) electrons. The van der Waals surface area contributed by atoms with Crippen molar-refractivity contribution in [2.24, 2.45) is 0 Å². The Morgan fingerprint density at radius 2 is 2.04 bits per heavy atom. The number of anilines is 2. The minimum absolute atomic E-state index is 0.138. The first-order chi connectivity index (χ1) is 13.3. The van der Waals surface area contributed by atoms with Crippen molar-refractivity contribution in [2.75, 3.05) is 10.6 Å². The third kappa shape index (κ3) is 4.85. The molecule has 2 unspecified atom stereocenters. The van der Waals surface area contributed by atoms with Crippen molar-refractivity contribution in [3.63, 3.8) is 0 Å². The van der Waals surface area contributed by atoms with Crippen molar-refractivity contribution < 1.29 is 19.1 Å². The van der Waals surface area contributed by atoms with Crippen molar-refractivity contribution in [3.05, 3.63) is 53.1 Å². The van der Waals surface area contributed by atoms with E-state index < -0.39 is 23.2 Å². The molecule has 2 amide bonds. The monoisotopic (exact) mass is 418 g/mol. The molecular formula is C20H19ClN2O4S. The molecule has 0 saturated heterocycles. The van der Waals surface area contributed by atoms with Crippen molar-refractivity contribution in [3.8, 4) is 0 Å². The maximum absolute atomic E-state index is 12.3. The molecule has 2 aromatic rings. The van der Waals surface area contributed by atoms with Gasteiger partial charge in [0.2, 0.25) is 5.91 Å². The highest BCUT2D eigenvalue weighted by atomic mass is 35.5. The molecule has 6 nitrogen and oxygen atoms in total. The van der Waals surface area contributed by atoms with Gasteiger partial charge in [-0.05, 0) is 43.7 Å². The Kier molecular flexibility index (Phi) is 6.26. The van der Waals surface area contributed by atoms with Crippen LogP contribution < -0.4 is 10.6 Å². The van der Waals surface area contributed by atoms with Gasteiger partial charge in [0.1, 0.15) is 0 Å². The Morgan fingerprint density at radius 1 is 1.29 bits per heavy atom. The van der Waals surface area contributed by atoms with Crippen LogP contribution in [0.2, 0.25) is 5.02 Å². The highest BCUT2D eigenvalue weighted by Crippen LogP contribution is 2.38. The topological polar surface area (TPSA) is 84.5 Å². The SMILES string of the molecule is Cc1ccccc1NC(=O)C(C)OC(=O)CC1Sc2ccc(Cl)cc2NC1=O. The number of hydrogen-bond donors (Lipinski definition) is 2. The summed E-state index contributed by atoms with van der Waals surface area (Å²) in [6, 6.07) is 12.5. The quantitative estimate of drug-likeness (QED) is 0.716. The van der Waals surface area contributed by atoms with E-state index in [2.05, 4.69) is 10.6 Å². The zero-order chi connectivity index (χ0) is 20.3. The fourth-order valence-electron chi connectivity index (χ4n) is 2.65. The Hall–Kier alpha value is -2.51. The summed E-state index contributed by atoms with van der Waals surface area (Å²) in [5.41, 5.74) is 2.19. The number of carbonyl (C=O) groups excluding carboxylic acids is 3. The van der Waals surface area contributed by atoms with E-state index in [9.17, 15) is 14.4 Å². The lowest BCUT2D eigenvalue weighted by Gasteiger charge is -2.24. The molecule has 8 heteroatoms. The first-order valence-corrected chi connectivity index (χ1v) is 9.92. The molecule has 2 aromatic carbocycles. The molecule has 1 aliphatic heterocycles. The van der Waals surface area contributed by atoms with Crippen LogP contribution in [-0.4, -0.2) is 29.1 Å². The summed E-state index contributed by atoms with van der Waals surface area (Å²) in [7, 11) is 0. The van der Waals surface area contributed by atoms with Crippen LogP contribution in [0.1, 0.15) is 18.9 Å². The molecular weight excluding hydrogens is 400 g/mol. The van der Waals surface area contributed by atoms with Crippen LogP contribution in [0, 0.1) is 6.92 Å². The summed E-state index contributed by atoms with van der Waals surface area (Å²) in [4.78, 5) is 37.6. The molecule has 0 spiro atoms.